The summed E-state index contributed by atoms with van der Waals surface area (Å²) in [4.78, 5) is 27.2. The smallest absolute Gasteiger partial charge is 0.336 e. The second kappa shape index (κ2) is 9.89. The van der Waals surface area contributed by atoms with Crippen molar-refractivity contribution < 1.29 is 18.9 Å². The molecule has 1 aliphatic carbocycles. The zero-order valence-electron chi connectivity index (χ0n) is 18.2. The SMILES string of the molecule is CN(c1ccc(Cl)cc1)c1ccc(C(=O)c2ccc(S(=O)C3CCCC3)c(C(=O)O)c2)cc1. The van der Waals surface area contributed by atoms with Gasteiger partial charge in [-0.3, -0.25) is 9.00 Å². The molecular formula is C26H24ClNO4S. The lowest BCUT2D eigenvalue weighted by Crippen LogP contribution is -2.15. The van der Waals surface area contributed by atoms with Crippen LogP contribution in [-0.2, 0) is 10.8 Å². The van der Waals surface area contributed by atoms with Crippen molar-refractivity contribution in [3.8, 4) is 0 Å². The molecule has 1 fully saturated rings. The Labute approximate surface area is 200 Å². The first-order chi connectivity index (χ1) is 15.8. The number of rotatable bonds is 7. The predicted molar refractivity (Wildman–Crippen MR) is 131 cm³/mol. The molecule has 0 aliphatic heterocycles. The minimum Gasteiger partial charge on any atom is -0.478 e. The molecular weight excluding hydrogens is 458 g/mol. The van der Waals surface area contributed by atoms with E-state index in [1.54, 1.807) is 18.2 Å². The Kier molecular flexibility index (Phi) is 6.96. The zero-order valence-corrected chi connectivity index (χ0v) is 19.7. The molecule has 0 bridgehead atoms. The van der Waals surface area contributed by atoms with Gasteiger partial charge in [-0.05, 0) is 79.6 Å². The van der Waals surface area contributed by atoms with E-state index in [0.29, 0.717) is 15.5 Å². The van der Waals surface area contributed by atoms with Crippen LogP contribution in [0.3, 0.4) is 0 Å². The van der Waals surface area contributed by atoms with Crippen LogP contribution in [-0.4, -0.2) is 33.4 Å². The number of carboxylic acids is 1. The number of hydrogen-bond donors (Lipinski definition) is 1. The number of halogens is 1. The molecule has 0 saturated heterocycles. The lowest BCUT2D eigenvalue weighted by atomic mass is 10.0. The molecule has 0 heterocycles. The quantitative estimate of drug-likeness (QED) is 0.413. The number of carbonyl (C=O) groups excluding carboxylic acids is 1. The third-order valence-electron chi connectivity index (χ3n) is 6.02. The van der Waals surface area contributed by atoms with Crippen LogP contribution >= 0.6 is 11.6 Å². The molecule has 1 N–H and O–H groups in total. The molecule has 1 aliphatic rings. The van der Waals surface area contributed by atoms with Crippen LogP contribution in [0.25, 0.3) is 0 Å². The fourth-order valence-corrected chi connectivity index (χ4v) is 5.92. The maximum atomic E-state index is 13.1. The van der Waals surface area contributed by atoms with Crippen LogP contribution < -0.4 is 4.90 Å². The number of carbonyl (C=O) groups is 2. The summed E-state index contributed by atoms with van der Waals surface area (Å²) in [5, 5.41) is 10.3. The number of ketones is 1. The number of benzene rings is 3. The number of hydrogen-bond acceptors (Lipinski definition) is 4. The van der Waals surface area contributed by atoms with Gasteiger partial charge in [0.2, 0.25) is 0 Å². The van der Waals surface area contributed by atoms with Gasteiger partial charge in [0.05, 0.1) is 21.3 Å². The van der Waals surface area contributed by atoms with Gasteiger partial charge in [-0.2, -0.15) is 0 Å². The van der Waals surface area contributed by atoms with Gasteiger partial charge >= 0.3 is 5.97 Å². The highest BCUT2D eigenvalue weighted by atomic mass is 35.5. The molecule has 7 heteroatoms. The summed E-state index contributed by atoms with van der Waals surface area (Å²) in [5.41, 5.74) is 2.49. The van der Waals surface area contributed by atoms with E-state index in [0.717, 1.165) is 37.1 Å². The van der Waals surface area contributed by atoms with Crippen molar-refractivity contribution in [2.45, 2.75) is 35.8 Å². The van der Waals surface area contributed by atoms with E-state index in [9.17, 15) is 18.9 Å². The van der Waals surface area contributed by atoms with Crippen LogP contribution in [0.4, 0.5) is 11.4 Å². The molecule has 3 aromatic rings. The summed E-state index contributed by atoms with van der Waals surface area (Å²) in [6.45, 7) is 0. The van der Waals surface area contributed by atoms with E-state index in [4.69, 9.17) is 11.6 Å². The predicted octanol–water partition coefficient (Wildman–Crippen LogP) is 6.09. The van der Waals surface area contributed by atoms with Gasteiger partial charge in [0.15, 0.2) is 5.78 Å². The minimum atomic E-state index is -1.39. The summed E-state index contributed by atoms with van der Waals surface area (Å²) in [5.74, 6) is -1.46. The largest absolute Gasteiger partial charge is 0.478 e. The minimum absolute atomic E-state index is 0.0187. The average molecular weight is 482 g/mol. The van der Waals surface area contributed by atoms with Gasteiger partial charge in [0.25, 0.3) is 0 Å². The maximum Gasteiger partial charge on any atom is 0.336 e. The number of aromatic carboxylic acids is 1. The van der Waals surface area contributed by atoms with Crippen molar-refractivity contribution in [3.05, 3.63) is 88.4 Å². The molecule has 0 spiro atoms. The summed E-state index contributed by atoms with van der Waals surface area (Å²) < 4.78 is 12.9. The van der Waals surface area contributed by atoms with Crippen LogP contribution in [0.2, 0.25) is 5.02 Å². The molecule has 1 atom stereocenters. The fourth-order valence-electron chi connectivity index (χ4n) is 4.11. The average Bonchev–Trinajstić information content (AvgIpc) is 3.38. The van der Waals surface area contributed by atoms with Gasteiger partial charge in [0, 0.05) is 39.8 Å². The standard InChI is InChI=1S/C26H24ClNO4S/c1-28(21-13-9-19(27)10-14-21)20-11-6-17(7-12-20)25(29)18-8-15-24(23(16-18)26(30)31)33(32)22-4-2-3-5-22/h6-16,22H,2-5H2,1H3,(H,30,31). The molecule has 33 heavy (non-hydrogen) atoms. The van der Waals surface area contributed by atoms with Crippen molar-refractivity contribution in [2.24, 2.45) is 0 Å². The van der Waals surface area contributed by atoms with E-state index in [-0.39, 0.29) is 22.2 Å². The third kappa shape index (κ3) is 5.02. The molecule has 1 saturated carbocycles. The van der Waals surface area contributed by atoms with E-state index in [1.165, 1.54) is 12.1 Å². The zero-order chi connectivity index (χ0) is 23.5. The molecule has 0 amide bonds. The van der Waals surface area contributed by atoms with Crippen molar-refractivity contribution in [3.63, 3.8) is 0 Å². The molecule has 0 aromatic heterocycles. The van der Waals surface area contributed by atoms with Gasteiger partial charge in [-0.1, -0.05) is 24.4 Å². The normalized spacial score (nSPS) is 14.7. The number of carboxylic acid groups (broad SMARTS) is 1. The highest BCUT2D eigenvalue weighted by Gasteiger charge is 2.27. The summed E-state index contributed by atoms with van der Waals surface area (Å²) in [6.07, 6.45) is 3.70. The van der Waals surface area contributed by atoms with E-state index < -0.39 is 16.8 Å². The highest BCUT2D eigenvalue weighted by molar-refractivity contribution is 7.85. The molecule has 1 unspecified atom stereocenters. The van der Waals surface area contributed by atoms with Gasteiger partial charge in [-0.15, -0.1) is 0 Å². The summed E-state index contributed by atoms with van der Waals surface area (Å²) >= 11 is 5.96. The topological polar surface area (TPSA) is 74.7 Å². The lowest BCUT2D eigenvalue weighted by Gasteiger charge is -2.19. The first kappa shape index (κ1) is 23.2. The van der Waals surface area contributed by atoms with Gasteiger partial charge in [0.1, 0.15) is 0 Å². The fraction of sp³-hybridized carbons (Fsp3) is 0.231. The molecule has 170 valence electrons. The molecule has 0 radical (unpaired) electrons. The Bertz CT molecular complexity index is 1200. The second-order valence-corrected chi connectivity index (χ2v) is 10.3. The lowest BCUT2D eigenvalue weighted by molar-refractivity contribution is 0.0693. The first-order valence-electron chi connectivity index (χ1n) is 10.8. The summed E-state index contributed by atoms with van der Waals surface area (Å²) in [6, 6.07) is 19.0. The van der Waals surface area contributed by atoms with Crippen molar-refractivity contribution >= 4 is 45.5 Å². The Morgan fingerprint density at radius 3 is 2.03 bits per heavy atom. The Morgan fingerprint density at radius 2 is 1.45 bits per heavy atom. The van der Waals surface area contributed by atoms with Crippen molar-refractivity contribution in [1.29, 1.82) is 0 Å². The van der Waals surface area contributed by atoms with Crippen molar-refractivity contribution in [1.82, 2.24) is 0 Å². The van der Waals surface area contributed by atoms with Gasteiger partial charge in [-0.25, -0.2) is 4.79 Å². The molecule has 5 nitrogen and oxygen atoms in total. The Morgan fingerprint density at radius 1 is 0.909 bits per heavy atom. The van der Waals surface area contributed by atoms with Crippen LogP contribution in [0, 0.1) is 0 Å². The van der Waals surface area contributed by atoms with Crippen LogP contribution in [0.5, 0.6) is 0 Å². The summed E-state index contributed by atoms with van der Waals surface area (Å²) in [7, 11) is 0.528. The van der Waals surface area contributed by atoms with Crippen LogP contribution in [0.1, 0.15) is 52.0 Å². The Hall–Kier alpha value is -2.96. The van der Waals surface area contributed by atoms with Crippen LogP contribution in [0.15, 0.2) is 71.6 Å². The van der Waals surface area contributed by atoms with E-state index in [2.05, 4.69) is 0 Å². The highest BCUT2D eigenvalue weighted by Crippen LogP contribution is 2.30. The third-order valence-corrected chi connectivity index (χ3v) is 8.14. The molecule has 4 rings (SSSR count). The second-order valence-electron chi connectivity index (χ2n) is 8.13. The monoisotopic (exact) mass is 481 g/mol. The molecule has 3 aromatic carbocycles. The van der Waals surface area contributed by atoms with E-state index >= 15 is 0 Å². The van der Waals surface area contributed by atoms with Gasteiger partial charge < -0.3 is 10.0 Å². The van der Waals surface area contributed by atoms with Crippen molar-refractivity contribution in [2.75, 3.05) is 11.9 Å². The Balaban J connectivity index is 1.57. The number of anilines is 2. The maximum absolute atomic E-state index is 13.1. The number of nitrogens with zero attached hydrogens (tertiary/aromatic N) is 1. The first-order valence-corrected chi connectivity index (χ1v) is 12.4. The van der Waals surface area contributed by atoms with E-state index in [1.807, 2.05) is 48.3 Å².